The van der Waals surface area contributed by atoms with E-state index in [0.717, 1.165) is 0 Å². The Labute approximate surface area is 85.0 Å². The molecule has 1 amide bonds. The van der Waals surface area contributed by atoms with Crippen LogP contribution in [0, 0.1) is 0 Å². The summed E-state index contributed by atoms with van der Waals surface area (Å²) >= 11 is 0. The van der Waals surface area contributed by atoms with E-state index in [1.807, 2.05) is 0 Å². The molecular formula is C10H9F2NO2. The van der Waals surface area contributed by atoms with Crippen LogP contribution in [0.2, 0.25) is 0 Å². The maximum atomic E-state index is 12.6. The SMILES string of the molecule is O=C1NC(C(F)F)C(c2ccccc2)O1. The molecule has 3 nitrogen and oxygen atoms in total. The average molecular weight is 213 g/mol. The first kappa shape index (κ1) is 9.89. The van der Waals surface area contributed by atoms with Crippen LogP contribution in [0.5, 0.6) is 0 Å². The minimum atomic E-state index is -2.64. The highest BCUT2D eigenvalue weighted by Gasteiger charge is 2.40. The standard InChI is InChI=1S/C10H9F2NO2/c11-9(12)7-8(15-10(14)13-7)6-4-2-1-3-5-6/h1-5,7-9H,(H,13,14). The van der Waals surface area contributed by atoms with Crippen molar-refractivity contribution in [1.29, 1.82) is 0 Å². The molecule has 5 heteroatoms. The van der Waals surface area contributed by atoms with Crippen molar-refractivity contribution in [1.82, 2.24) is 5.32 Å². The number of hydrogen-bond acceptors (Lipinski definition) is 2. The number of carbonyl (C=O) groups is 1. The molecular weight excluding hydrogens is 204 g/mol. The third-order valence-corrected chi connectivity index (χ3v) is 2.24. The van der Waals surface area contributed by atoms with Crippen molar-refractivity contribution in [3.8, 4) is 0 Å². The van der Waals surface area contributed by atoms with Crippen LogP contribution in [-0.4, -0.2) is 18.6 Å². The quantitative estimate of drug-likeness (QED) is 0.816. The molecule has 1 N–H and O–H groups in total. The number of rotatable bonds is 2. The number of cyclic esters (lactones) is 1. The highest BCUT2D eigenvalue weighted by atomic mass is 19.3. The number of alkyl halides is 2. The molecule has 0 aliphatic carbocycles. The summed E-state index contributed by atoms with van der Waals surface area (Å²) in [6.45, 7) is 0. The van der Waals surface area contributed by atoms with Crippen LogP contribution < -0.4 is 5.32 Å². The summed E-state index contributed by atoms with van der Waals surface area (Å²) in [6.07, 6.45) is -4.34. The molecule has 80 valence electrons. The van der Waals surface area contributed by atoms with E-state index in [0.29, 0.717) is 5.56 Å². The summed E-state index contributed by atoms with van der Waals surface area (Å²) < 4.78 is 29.9. The molecule has 1 aliphatic rings. The number of amides is 1. The van der Waals surface area contributed by atoms with Crippen molar-refractivity contribution in [2.45, 2.75) is 18.6 Å². The zero-order chi connectivity index (χ0) is 10.8. The predicted molar refractivity (Wildman–Crippen MR) is 48.6 cm³/mol. The summed E-state index contributed by atoms with van der Waals surface area (Å²) in [4.78, 5) is 10.9. The molecule has 0 bridgehead atoms. The Balaban J connectivity index is 2.24. The van der Waals surface area contributed by atoms with Crippen molar-refractivity contribution in [3.63, 3.8) is 0 Å². The molecule has 0 spiro atoms. The summed E-state index contributed by atoms with van der Waals surface area (Å²) in [7, 11) is 0. The second-order valence-electron chi connectivity index (χ2n) is 3.24. The fraction of sp³-hybridized carbons (Fsp3) is 0.300. The van der Waals surface area contributed by atoms with E-state index in [-0.39, 0.29) is 0 Å². The average Bonchev–Trinajstić information content (AvgIpc) is 2.62. The van der Waals surface area contributed by atoms with Gasteiger partial charge in [-0.05, 0) is 5.56 Å². The molecule has 2 unspecified atom stereocenters. The highest BCUT2D eigenvalue weighted by molar-refractivity contribution is 5.70. The number of hydrogen-bond donors (Lipinski definition) is 1. The predicted octanol–water partition coefficient (Wildman–Crippen LogP) is 2.10. The van der Waals surface area contributed by atoms with Crippen LogP contribution in [0.1, 0.15) is 11.7 Å². The lowest BCUT2D eigenvalue weighted by Gasteiger charge is -2.15. The van der Waals surface area contributed by atoms with Gasteiger partial charge in [0.25, 0.3) is 6.43 Å². The van der Waals surface area contributed by atoms with Gasteiger partial charge < -0.3 is 10.1 Å². The molecule has 2 rings (SSSR count). The van der Waals surface area contributed by atoms with Crippen LogP contribution in [0.4, 0.5) is 13.6 Å². The molecule has 1 aromatic rings. The fourth-order valence-electron chi connectivity index (χ4n) is 1.55. The molecule has 0 saturated carbocycles. The number of alkyl carbamates (subject to hydrolysis) is 1. The third-order valence-electron chi connectivity index (χ3n) is 2.24. The number of halogens is 2. The monoisotopic (exact) mass is 213 g/mol. The van der Waals surface area contributed by atoms with Gasteiger partial charge in [0.2, 0.25) is 0 Å². The molecule has 0 radical (unpaired) electrons. The maximum Gasteiger partial charge on any atom is 0.408 e. The van der Waals surface area contributed by atoms with E-state index < -0.39 is 24.7 Å². The van der Waals surface area contributed by atoms with E-state index >= 15 is 0 Å². The molecule has 1 fully saturated rings. The Bertz CT molecular complexity index is 356. The number of carbonyl (C=O) groups excluding carboxylic acids is 1. The number of benzene rings is 1. The van der Waals surface area contributed by atoms with E-state index in [2.05, 4.69) is 5.32 Å². The van der Waals surface area contributed by atoms with Gasteiger partial charge in [-0.15, -0.1) is 0 Å². The van der Waals surface area contributed by atoms with Gasteiger partial charge in [-0.3, -0.25) is 0 Å². The van der Waals surface area contributed by atoms with Crippen LogP contribution in [0.25, 0.3) is 0 Å². The van der Waals surface area contributed by atoms with Gasteiger partial charge in [-0.1, -0.05) is 30.3 Å². The Morgan fingerprint density at radius 3 is 2.53 bits per heavy atom. The second kappa shape index (κ2) is 3.84. The van der Waals surface area contributed by atoms with E-state index in [1.54, 1.807) is 30.3 Å². The zero-order valence-corrected chi connectivity index (χ0v) is 7.69. The lowest BCUT2D eigenvalue weighted by molar-refractivity contribution is 0.0584. The summed E-state index contributed by atoms with van der Waals surface area (Å²) in [5.41, 5.74) is 0.571. The molecule has 1 aromatic carbocycles. The minimum absolute atomic E-state index is 0.571. The van der Waals surface area contributed by atoms with Gasteiger partial charge in [0, 0.05) is 0 Å². The molecule has 0 aromatic heterocycles. The zero-order valence-electron chi connectivity index (χ0n) is 7.69. The van der Waals surface area contributed by atoms with Crippen LogP contribution in [0.3, 0.4) is 0 Å². The van der Waals surface area contributed by atoms with E-state index in [4.69, 9.17) is 4.74 Å². The Morgan fingerprint density at radius 1 is 1.27 bits per heavy atom. The lowest BCUT2D eigenvalue weighted by Crippen LogP contribution is -2.34. The summed E-state index contributed by atoms with van der Waals surface area (Å²) in [5, 5.41) is 2.09. The van der Waals surface area contributed by atoms with Crippen molar-refractivity contribution < 1.29 is 18.3 Å². The van der Waals surface area contributed by atoms with Crippen molar-refractivity contribution in [3.05, 3.63) is 35.9 Å². The lowest BCUT2D eigenvalue weighted by atomic mass is 10.0. The fourth-order valence-corrected chi connectivity index (χ4v) is 1.55. The van der Waals surface area contributed by atoms with Gasteiger partial charge in [-0.2, -0.15) is 0 Å². The van der Waals surface area contributed by atoms with Gasteiger partial charge in [-0.25, -0.2) is 13.6 Å². The molecule has 15 heavy (non-hydrogen) atoms. The first-order chi connectivity index (χ1) is 7.18. The first-order valence-electron chi connectivity index (χ1n) is 4.49. The largest absolute Gasteiger partial charge is 0.439 e. The highest BCUT2D eigenvalue weighted by Crippen LogP contribution is 2.29. The normalized spacial score (nSPS) is 25.1. The Kier molecular flexibility index (Phi) is 2.53. The van der Waals surface area contributed by atoms with Gasteiger partial charge >= 0.3 is 6.09 Å². The topological polar surface area (TPSA) is 38.3 Å². The Morgan fingerprint density at radius 2 is 1.93 bits per heavy atom. The summed E-state index contributed by atoms with van der Waals surface area (Å²) in [5.74, 6) is 0. The molecule has 1 saturated heterocycles. The second-order valence-corrected chi connectivity index (χ2v) is 3.24. The van der Waals surface area contributed by atoms with Crippen LogP contribution in [0.15, 0.2) is 30.3 Å². The van der Waals surface area contributed by atoms with Crippen LogP contribution in [-0.2, 0) is 4.74 Å². The van der Waals surface area contributed by atoms with E-state index in [9.17, 15) is 13.6 Å². The van der Waals surface area contributed by atoms with Crippen molar-refractivity contribution >= 4 is 6.09 Å². The van der Waals surface area contributed by atoms with Gasteiger partial charge in [0.15, 0.2) is 6.10 Å². The molecule has 1 heterocycles. The van der Waals surface area contributed by atoms with Crippen LogP contribution >= 0.6 is 0 Å². The van der Waals surface area contributed by atoms with E-state index in [1.165, 1.54) is 0 Å². The maximum absolute atomic E-state index is 12.6. The Hall–Kier alpha value is -1.65. The van der Waals surface area contributed by atoms with Gasteiger partial charge in [0.1, 0.15) is 6.04 Å². The number of nitrogens with one attached hydrogen (secondary N) is 1. The molecule has 2 atom stereocenters. The van der Waals surface area contributed by atoms with Crippen molar-refractivity contribution in [2.75, 3.05) is 0 Å². The minimum Gasteiger partial charge on any atom is -0.439 e. The first-order valence-corrected chi connectivity index (χ1v) is 4.49. The number of ether oxygens (including phenoxy) is 1. The summed E-state index contributed by atoms with van der Waals surface area (Å²) in [6, 6.07) is 7.24. The third kappa shape index (κ3) is 1.91. The van der Waals surface area contributed by atoms with Gasteiger partial charge in [0.05, 0.1) is 0 Å². The smallest absolute Gasteiger partial charge is 0.408 e. The molecule has 1 aliphatic heterocycles. The van der Waals surface area contributed by atoms with Crippen molar-refractivity contribution in [2.24, 2.45) is 0 Å².